The van der Waals surface area contributed by atoms with Gasteiger partial charge in [-0.05, 0) is 13.0 Å². The zero-order valence-electron chi connectivity index (χ0n) is 10.2. The molecule has 0 aliphatic carbocycles. The third-order valence-electron chi connectivity index (χ3n) is 2.60. The van der Waals surface area contributed by atoms with Gasteiger partial charge in [-0.25, -0.2) is 19.2 Å². The van der Waals surface area contributed by atoms with Crippen LogP contribution in [0.25, 0.3) is 0 Å². The van der Waals surface area contributed by atoms with Gasteiger partial charge in [-0.15, -0.1) is 0 Å². The molecule has 19 heavy (non-hydrogen) atoms. The van der Waals surface area contributed by atoms with Gasteiger partial charge < -0.3 is 10.4 Å². The summed E-state index contributed by atoms with van der Waals surface area (Å²) in [5, 5.41) is 11.7. The predicted molar refractivity (Wildman–Crippen MR) is 67.5 cm³/mol. The molecule has 2 rings (SSSR count). The lowest BCUT2D eigenvalue weighted by Crippen LogP contribution is -2.09. The first kappa shape index (κ1) is 12.9. The average Bonchev–Trinajstić information content (AvgIpc) is 2.37. The fraction of sp³-hybridized carbons (Fsp3) is 0.154. The quantitative estimate of drug-likeness (QED) is 0.882. The van der Waals surface area contributed by atoms with E-state index in [1.165, 1.54) is 12.3 Å². The number of rotatable bonds is 4. The van der Waals surface area contributed by atoms with Crippen molar-refractivity contribution in [2.75, 3.05) is 5.32 Å². The number of carboxylic acid groups (broad SMARTS) is 1. The number of hydrogen-bond acceptors (Lipinski definition) is 4. The molecule has 98 valence electrons. The zero-order valence-corrected chi connectivity index (χ0v) is 10.2. The molecular formula is C13H12FN3O2. The van der Waals surface area contributed by atoms with Gasteiger partial charge in [0.1, 0.15) is 5.82 Å². The first-order valence-corrected chi connectivity index (χ1v) is 5.62. The van der Waals surface area contributed by atoms with E-state index in [-0.39, 0.29) is 23.9 Å². The SMILES string of the molecule is Cc1nc(NCc2ccccc2F)ncc1C(=O)O. The first-order chi connectivity index (χ1) is 9.08. The van der Waals surface area contributed by atoms with Crippen LogP contribution in [0.4, 0.5) is 10.3 Å². The number of aryl methyl sites for hydroxylation is 1. The van der Waals surface area contributed by atoms with Gasteiger partial charge >= 0.3 is 5.97 Å². The number of carbonyl (C=O) groups is 1. The largest absolute Gasteiger partial charge is 0.478 e. The van der Waals surface area contributed by atoms with Gasteiger partial charge in [0.15, 0.2) is 0 Å². The van der Waals surface area contributed by atoms with Gasteiger partial charge in [0.2, 0.25) is 5.95 Å². The Balaban J connectivity index is 2.11. The Morgan fingerprint density at radius 3 is 2.79 bits per heavy atom. The molecule has 0 bridgehead atoms. The summed E-state index contributed by atoms with van der Waals surface area (Å²) in [4.78, 5) is 18.7. The van der Waals surface area contributed by atoms with E-state index >= 15 is 0 Å². The smallest absolute Gasteiger partial charge is 0.339 e. The summed E-state index contributed by atoms with van der Waals surface area (Å²) in [5.41, 5.74) is 0.904. The lowest BCUT2D eigenvalue weighted by Gasteiger charge is -2.07. The third-order valence-corrected chi connectivity index (χ3v) is 2.60. The van der Waals surface area contributed by atoms with E-state index in [1.807, 2.05) is 0 Å². The highest BCUT2D eigenvalue weighted by atomic mass is 19.1. The Morgan fingerprint density at radius 1 is 1.42 bits per heavy atom. The van der Waals surface area contributed by atoms with Crippen LogP contribution < -0.4 is 5.32 Å². The van der Waals surface area contributed by atoms with Gasteiger partial charge in [0.25, 0.3) is 0 Å². The van der Waals surface area contributed by atoms with E-state index in [0.717, 1.165) is 0 Å². The second-order valence-corrected chi connectivity index (χ2v) is 3.94. The highest BCUT2D eigenvalue weighted by Gasteiger charge is 2.10. The van der Waals surface area contributed by atoms with Crippen LogP contribution in [-0.2, 0) is 6.54 Å². The van der Waals surface area contributed by atoms with E-state index in [9.17, 15) is 9.18 Å². The summed E-state index contributed by atoms with van der Waals surface area (Å²) in [7, 11) is 0. The average molecular weight is 261 g/mol. The van der Waals surface area contributed by atoms with Gasteiger partial charge in [-0.3, -0.25) is 0 Å². The molecule has 0 saturated heterocycles. The molecule has 0 aliphatic rings. The van der Waals surface area contributed by atoms with Crippen molar-refractivity contribution in [3.05, 3.63) is 53.1 Å². The fourth-order valence-electron chi connectivity index (χ4n) is 1.58. The first-order valence-electron chi connectivity index (χ1n) is 5.62. The molecule has 0 aliphatic heterocycles. The molecule has 6 heteroatoms. The van der Waals surface area contributed by atoms with Crippen LogP contribution in [-0.4, -0.2) is 21.0 Å². The zero-order chi connectivity index (χ0) is 13.8. The molecular weight excluding hydrogens is 249 g/mol. The van der Waals surface area contributed by atoms with E-state index in [0.29, 0.717) is 11.3 Å². The van der Waals surface area contributed by atoms with Crippen molar-refractivity contribution in [1.82, 2.24) is 9.97 Å². The maximum atomic E-state index is 13.4. The van der Waals surface area contributed by atoms with Crippen LogP contribution in [0, 0.1) is 12.7 Å². The Morgan fingerprint density at radius 2 is 2.16 bits per heavy atom. The second kappa shape index (κ2) is 5.43. The molecule has 1 heterocycles. The van der Waals surface area contributed by atoms with E-state index < -0.39 is 5.97 Å². The highest BCUT2D eigenvalue weighted by molar-refractivity contribution is 5.88. The third kappa shape index (κ3) is 3.04. The van der Waals surface area contributed by atoms with Crippen LogP contribution in [0.3, 0.4) is 0 Å². The minimum atomic E-state index is -1.07. The summed E-state index contributed by atoms with van der Waals surface area (Å²) in [5.74, 6) is -1.11. The molecule has 5 nitrogen and oxygen atoms in total. The number of nitrogens with zero attached hydrogens (tertiary/aromatic N) is 2. The molecule has 2 N–H and O–H groups in total. The van der Waals surface area contributed by atoms with Crippen molar-refractivity contribution in [3.8, 4) is 0 Å². The standard InChI is InChI=1S/C13H12FN3O2/c1-8-10(12(18)19)7-16-13(17-8)15-6-9-4-2-3-5-11(9)14/h2-5,7H,6H2,1H3,(H,18,19)(H,15,16,17). The summed E-state index contributed by atoms with van der Waals surface area (Å²) >= 11 is 0. The molecule has 0 atom stereocenters. The Bertz CT molecular complexity index is 617. The number of halogens is 1. The van der Waals surface area contributed by atoms with Gasteiger partial charge in [0, 0.05) is 18.3 Å². The maximum Gasteiger partial charge on any atom is 0.339 e. The van der Waals surface area contributed by atoms with E-state index in [2.05, 4.69) is 15.3 Å². The fourth-order valence-corrected chi connectivity index (χ4v) is 1.58. The molecule has 0 spiro atoms. The number of hydrogen-bond donors (Lipinski definition) is 2. The number of anilines is 1. The predicted octanol–water partition coefficient (Wildman–Crippen LogP) is 2.23. The lowest BCUT2D eigenvalue weighted by molar-refractivity contribution is 0.0695. The van der Waals surface area contributed by atoms with Crippen molar-refractivity contribution in [1.29, 1.82) is 0 Å². The second-order valence-electron chi connectivity index (χ2n) is 3.94. The van der Waals surface area contributed by atoms with Crippen LogP contribution in [0.15, 0.2) is 30.5 Å². The molecule has 2 aromatic rings. The number of carboxylic acids is 1. The van der Waals surface area contributed by atoms with Crippen molar-refractivity contribution < 1.29 is 14.3 Å². The summed E-state index contributed by atoms with van der Waals surface area (Å²) < 4.78 is 13.4. The summed E-state index contributed by atoms with van der Waals surface area (Å²) in [6, 6.07) is 6.37. The van der Waals surface area contributed by atoms with Crippen LogP contribution in [0.2, 0.25) is 0 Å². The molecule has 0 radical (unpaired) electrons. The molecule has 0 amide bonds. The van der Waals surface area contributed by atoms with Crippen LogP contribution >= 0.6 is 0 Å². The Hall–Kier alpha value is -2.50. The summed E-state index contributed by atoms with van der Waals surface area (Å²) in [6.45, 7) is 1.82. The molecule has 1 aromatic carbocycles. The van der Waals surface area contributed by atoms with Gasteiger partial charge in [0.05, 0.1) is 11.3 Å². The molecule has 1 aromatic heterocycles. The monoisotopic (exact) mass is 261 g/mol. The van der Waals surface area contributed by atoms with Gasteiger partial charge in [-0.2, -0.15) is 0 Å². The van der Waals surface area contributed by atoms with Crippen LogP contribution in [0.5, 0.6) is 0 Å². The van der Waals surface area contributed by atoms with E-state index in [1.54, 1.807) is 25.1 Å². The number of nitrogens with one attached hydrogen (secondary N) is 1. The van der Waals surface area contributed by atoms with Crippen molar-refractivity contribution >= 4 is 11.9 Å². The van der Waals surface area contributed by atoms with Crippen molar-refractivity contribution in [3.63, 3.8) is 0 Å². The molecule has 0 saturated carbocycles. The number of benzene rings is 1. The topological polar surface area (TPSA) is 75.1 Å². The minimum absolute atomic E-state index is 0.0523. The number of aromatic nitrogens is 2. The summed E-state index contributed by atoms with van der Waals surface area (Å²) in [6.07, 6.45) is 1.23. The Labute approximate surface area is 109 Å². The number of aromatic carboxylic acids is 1. The minimum Gasteiger partial charge on any atom is -0.478 e. The molecule has 0 unspecified atom stereocenters. The van der Waals surface area contributed by atoms with Gasteiger partial charge in [-0.1, -0.05) is 18.2 Å². The van der Waals surface area contributed by atoms with E-state index in [4.69, 9.17) is 5.11 Å². The van der Waals surface area contributed by atoms with Crippen molar-refractivity contribution in [2.24, 2.45) is 0 Å². The normalized spacial score (nSPS) is 10.2. The van der Waals surface area contributed by atoms with Crippen molar-refractivity contribution in [2.45, 2.75) is 13.5 Å². The Kier molecular flexibility index (Phi) is 3.70. The molecule has 0 fully saturated rings. The highest BCUT2D eigenvalue weighted by Crippen LogP contribution is 2.10. The lowest BCUT2D eigenvalue weighted by atomic mass is 10.2. The van der Waals surface area contributed by atoms with Crippen LogP contribution in [0.1, 0.15) is 21.6 Å². The maximum absolute atomic E-state index is 13.4.